The Hall–Kier alpha value is -0.930. The minimum atomic E-state index is 0.367. The van der Waals surface area contributed by atoms with Gasteiger partial charge in [-0.3, -0.25) is 0 Å². The van der Waals surface area contributed by atoms with Gasteiger partial charge in [0, 0.05) is 12.1 Å². The van der Waals surface area contributed by atoms with E-state index in [4.69, 9.17) is 21.1 Å². The predicted molar refractivity (Wildman–Crippen MR) is 102 cm³/mol. The van der Waals surface area contributed by atoms with Crippen molar-refractivity contribution in [3.63, 3.8) is 0 Å². The first-order valence-corrected chi connectivity index (χ1v) is 10.2. The first kappa shape index (κ1) is 17.5. The Balaban J connectivity index is 1.47. The van der Waals surface area contributed by atoms with E-state index in [1.807, 2.05) is 6.07 Å². The largest absolute Gasteiger partial charge is 0.493 e. The van der Waals surface area contributed by atoms with Gasteiger partial charge in [-0.15, -0.1) is 0 Å². The van der Waals surface area contributed by atoms with Crippen molar-refractivity contribution in [1.29, 1.82) is 0 Å². The van der Waals surface area contributed by atoms with E-state index < -0.39 is 0 Å². The summed E-state index contributed by atoms with van der Waals surface area (Å²) >= 11 is 6.47. The summed E-state index contributed by atoms with van der Waals surface area (Å²) in [5.74, 6) is 4.29. The Kier molecular flexibility index (Phi) is 4.89. The Bertz CT molecular complexity index is 595. The molecule has 4 fully saturated rings. The van der Waals surface area contributed by atoms with E-state index in [1.165, 1.54) is 44.1 Å². The molecule has 4 saturated carbocycles. The van der Waals surface area contributed by atoms with Gasteiger partial charge in [0.05, 0.1) is 18.7 Å². The lowest BCUT2D eigenvalue weighted by Crippen LogP contribution is -2.58. The normalized spacial score (nSPS) is 32.8. The third-order valence-corrected chi connectivity index (χ3v) is 6.73. The van der Waals surface area contributed by atoms with Gasteiger partial charge in [-0.25, -0.2) is 0 Å². The number of benzene rings is 1. The SMILES string of the molecule is CCCOc1c(Cl)cc(CNC23CC4CC(CC(C4)C2)C3)cc1OC. The summed E-state index contributed by atoms with van der Waals surface area (Å²) in [5.41, 5.74) is 1.55. The van der Waals surface area contributed by atoms with Gasteiger partial charge in [0.1, 0.15) is 0 Å². The third-order valence-electron chi connectivity index (χ3n) is 6.45. The van der Waals surface area contributed by atoms with Crippen LogP contribution >= 0.6 is 11.6 Å². The van der Waals surface area contributed by atoms with Gasteiger partial charge < -0.3 is 14.8 Å². The van der Waals surface area contributed by atoms with Crippen LogP contribution in [0.15, 0.2) is 12.1 Å². The molecule has 138 valence electrons. The zero-order valence-electron chi connectivity index (χ0n) is 15.4. The lowest BCUT2D eigenvalue weighted by molar-refractivity contribution is -0.0206. The van der Waals surface area contributed by atoms with Crippen LogP contribution < -0.4 is 14.8 Å². The molecule has 0 saturated heterocycles. The van der Waals surface area contributed by atoms with Crippen molar-refractivity contribution in [3.8, 4) is 11.5 Å². The summed E-state index contributed by atoms with van der Waals surface area (Å²) in [5, 5.41) is 4.58. The molecule has 0 amide bonds. The minimum absolute atomic E-state index is 0.367. The highest BCUT2D eigenvalue weighted by atomic mass is 35.5. The van der Waals surface area contributed by atoms with E-state index >= 15 is 0 Å². The lowest BCUT2D eigenvalue weighted by atomic mass is 9.53. The van der Waals surface area contributed by atoms with Crippen LogP contribution in [-0.2, 0) is 6.54 Å². The van der Waals surface area contributed by atoms with Crippen LogP contribution in [0.4, 0.5) is 0 Å². The molecule has 0 aromatic heterocycles. The molecule has 0 atom stereocenters. The van der Waals surface area contributed by atoms with E-state index in [-0.39, 0.29) is 0 Å². The smallest absolute Gasteiger partial charge is 0.179 e. The van der Waals surface area contributed by atoms with E-state index in [0.717, 1.165) is 36.5 Å². The lowest BCUT2D eigenvalue weighted by Gasteiger charge is -2.57. The molecule has 5 rings (SSSR count). The molecule has 25 heavy (non-hydrogen) atoms. The second-order valence-corrected chi connectivity index (χ2v) is 8.92. The van der Waals surface area contributed by atoms with Gasteiger partial charge >= 0.3 is 0 Å². The fraction of sp³-hybridized carbons (Fsp3) is 0.714. The molecule has 0 heterocycles. The maximum Gasteiger partial charge on any atom is 0.179 e. The van der Waals surface area contributed by atoms with Crippen molar-refractivity contribution in [2.45, 2.75) is 64.0 Å². The minimum Gasteiger partial charge on any atom is -0.493 e. The molecule has 3 nitrogen and oxygen atoms in total. The van der Waals surface area contributed by atoms with Crippen LogP contribution in [0.1, 0.15) is 57.4 Å². The molecule has 4 aliphatic carbocycles. The first-order chi connectivity index (χ1) is 12.1. The van der Waals surface area contributed by atoms with Crippen molar-refractivity contribution in [2.24, 2.45) is 17.8 Å². The summed E-state index contributed by atoms with van der Waals surface area (Å²) in [6, 6.07) is 4.10. The second kappa shape index (κ2) is 7.00. The molecule has 4 aliphatic rings. The average molecular weight is 364 g/mol. The van der Waals surface area contributed by atoms with Crippen LogP contribution in [0.3, 0.4) is 0 Å². The molecule has 0 unspecified atom stereocenters. The van der Waals surface area contributed by atoms with Crippen LogP contribution in [0.5, 0.6) is 11.5 Å². The van der Waals surface area contributed by atoms with Crippen molar-refractivity contribution in [3.05, 3.63) is 22.7 Å². The molecule has 1 N–H and O–H groups in total. The number of ether oxygens (including phenoxy) is 2. The van der Waals surface area contributed by atoms with Gasteiger partial charge in [0.25, 0.3) is 0 Å². The maximum atomic E-state index is 6.47. The molecule has 4 bridgehead atoms. The summed E-state index contributed by atoms with van der Waals surface area (Å²) in [6.45, 7) is 3.60. The van der Waals surface area contributed by atoms with E-state index in [0.29, 0.717) is 22.9 Å². The highest BCUT2D eigenvalue weighted by Gasteiger charge is 2.50. The number of halogens is 1. The summed E-state index contributed by atoms with van der Waals surface area (Å²) in [4.78, 5) is 0. The number of hydrogen-bond acceptors (Lipinski definition) is 3. The van der Waals surface area contributed by atoms with E-state index in [2.05, 4.69) is 18.3 Å². The van der Waals surface area contributed by atoms with Crippen LogP contribution in [0.2, 0.25) is 5.02 Å². The molecular weight excluding hydrogens is 334 g/mol. The Morgan fingerprint density at radius 1 is 1.12 bits per heavy atom. The van der Waals surface area contributed by atoms with Gasteiger partial charge in [-0.05, 0) is 80.4 Å². The van der Waals surface area contributed by atoms with Gasteiger partial charge in [-0.2, -0.15) is 0 Å². The first-order valence-electron chi connectivity index (χ1n) is 9.85. The van der Waals surface area contributed by atoms with Gasteiger partial charge in [0.2, 0.25) is 0 Å². The van der Waals surface area contributed by atoms with Crippen LogP contribution in [-0.4, -0.2) is 19.3 Å². The van der Waals surface area contributed by atoms with E-state index in [9.17, 15) is 0 Å². The number of rotatable bonds is 7. The summed E-state index contributed by atoms with van der Waals surface area (Å²) in [6.07, 6.45) is 9.47. The topological polar surface area (TPSA) is 30.5 Å². The monoisotopic (exact) mass is 363 g/mol. The van der Waals surface area contributed by atoms with Crippen LogP contribution in [0.25, 0.3) is 0 Å². The molecular formula is C21H30ClNO2. The number of nitrogens with one attached hydrogen (secondary N) is 1. The van der Waals surface area contributed by atoms with E-state index in [1.54, 1.807) is 7.11 Å². The quantitative estimate of drug-likeness (QED) is 0.722. The third kappa shape index (κ3) is 3.50. The molecule has 1 aromatic carbocycles. The Morgan fingerprint density at radius 3 is 2.32 bits per heavy atom. The van der Waals surface area contributed by atoms with Crippen molar-refractivity contribution in [1.82, 2.24) is 5.32 Å². The van der Waals surface area contributed by atoms with Crippen molar-refractivity contribution >= 4 is 11.6 Å². The summed E-state index contributed by atoms with van der Waals surface area (Å²) in [7, 11) is 1.68. The standard InChI is InChI=1S/C21H30ClNO2/c1-3-4-25-20-18(22)8-17(9-19(20)24-2)13-23-21-10-14-5-15(11-21)7-16(6-14)12-21/h8-9,14-16,23H,3-7,10-13H2,1-2H3. The molecule has 1 aromatic rings. The second-order valence-electron chi connectivity index (χ2n) is 8.51. The highest BCUT2D eigenvalue weighted by molar-refractivity contribution is 6.32. The zero-order valence-corrected chi connectivity index (χ0v) is 16.2. The van der Waals surface area contributed by atoms with Gasteiger partial charge in [-0.1, -0.05) is 18.5 Å². The number of methoxy groups -OCH3 is 1. The van der Waals surface area contributed by atoms with Crippen molar-refractivity contribution in [2.75, 3.05) is 13.7 Å². The summed E-state index contributed by atoms with van der Waals surface area (Å²) < 4.78 is 11.3. The predicted octanol–water partition coefficient (Wildman–Crippen LogP) is 5.20. The Labute approximate surface area is 156 Å². The number of hydrogen-bond donors (Lipinski definition) is 1. The Morgan fingerprint density at radius 2 is 1.76 bits per heavy atom. The fourth-order valence-electron chi connectivity index (χ4n) is 5.84. The van der Waals surface area contributed by atoms with Gasteiger partial charge in [0.15, 0.2) is 11.5 Å². The average Bonchev–Trinajstić information content (AvgIpc) is 2.57. The molecule has 4 heteroatoms. The van der Waals surface area contributed by atoms with Crippen molar-refractivity contribution < 1.29 is 9.47 Å². The fourth-order valence-corrected chi connectivity index (χ4v) is 6.12. The van der Waals surface area contributed by atoms with Crippen LogP contribution in [0, 0.1) is 17.8 Å². The molecule has 0 aliphatic heterocycles. The highest BCUT2D eigenvalue weighted by Crippen LogP contribution is 2.55. The zero-order chi connectivity index (χ0) is 17.4. The maximum absolute atomic E-state index is 6.47. The molecule has 0 spiro atoms. The molecule has 0 radical (unpaired) electrons.